The van der Waals surface area contributed by atoms with E-state index in [4.69, 9.17) is 0 Å². The van der Waals surface area contributed by atoms with Gasteiger partial charge in [0.15, 0.2) is 0 Å². The number of benzene rings is 2. The van der Waals surface area contributed by atoms with Crippen molar-refractivity contribution >= 4 is 24.0 Å². The van der Waals surface area contributed by atoms with E-state index < -0.39 is 8.41 Å². The summed E-state index contributed by atoms with van der Waals surface area (Å²) in [5, 5.41) is 4.51. The molecule has 8 unspecified atom stereocenters. The fraction of sp³-hybridized carbons (Fsp3) is 0.370. The minimum absolute atomic E-state index is 0. The van der Waals surface area contributed by atoms with Crippen molar-refractivity contribution in [1.29, 1.82) is 0 Å². The van der Waals surface area contributed by atoms with Crippen molar-refractivity contribution in [2.45, 2.75) is 65.4 Å². The maximum Gasteiger partial charge on any atom is -1.00 e. The molecule has 6 aliphatic rings. The van der Waals surface area contributed by atoms with Crippen molar-refractivity contribution < 1.29 is 49.5 Å². The molecule has 2 aromatic rings. The van der Waals surface area contributed by atoms with E-state index in [1.165, 1.54) is 15.9 Å². The first-order valence-electron chi connectivity index (χ1n) is 17.9. The monoisotopic (exact) mass is 789 g/mol. The Labute approximate surface area is 330 Å². The Morgan fingerprint density at radius 1 is 0.640 bits per heavy atom. The van der Waals surface area contributed by atoms with Crippen molar-refractivity contribution in [2.75, 3.05) is 0 Å². The van der Waals surface area contributed by atoms with E-state index in [9.17, 15) is 0 Å². The molecule has 0 spiro atoms. The summed E-state index contributed by atoms with van der Waals surface area (Å²) in [6.45, 7) is 21.1. The first kappa shape index (κ1) is 37.7. The summed E-state index contributed by atoms with van der Waals surface area (Å²) in [6.07, 6.45) is 30.8. The van der Waals surface area contributed by atoms with Crippen LogP contribution >= 0.6 is 0 Å². The fourth-order valence-electron chi connectivity index (χ4n) is 12.5. The van der Waals surface area contributed by atoms with Crippen molar-refractivity contribution in [3.05, 3.63) is 156 Å². The Morgan fingerprint density at radius 2 is 1.12 bits per heavy atom. The number of rotatable bonds is 3. The molecule has 8 atom stereocenters. The smallest absolute Gasteiger partial charge is 1.00 e. The third-order valence-corrected chi connectivity index (χ3v) is 20.9. The van der Waals surface area contributed by atoms with Crippen LogP contribution < -0.4 is 35.2 Å². The van der Waals surface area contributed by atoms with Crippen molar-refractivity contribution in [2.24, 2.45) is 37.9 Å². The van der Waals surface area contributed by atoms with E-state index in [1.807, 2.05) is 0 Å². The Hall–Kier alpha value is -2.09. The molecule has 0 radical (unpaired) electrons. The molecule has 4 heteroatoms. The van der Waals surface area contributed by atoms with Crippen LogP contribution in [-0.2, 0) is 24.7 Å². The summed E-state index contributed by atoms with van der Waals surface area (Å²) in [7, 11) is -1.30. The van der Waals surface area contributed by atoms with Crippen LogP contribution in [0.3, 0.4) is 0 Å². The van der Waals surface area contributed by atoms with E-state index in [1.54, 1.807) is 46.6 Å². The Bertz CT molecular complexity index is 1990. The summed E-state index contributed by atoms with van der Waals surface area (Å²) >= 11 is 1.63. The summed E-state index contributed by atoms with van der Waals surface area (Å²) in [6, 6.07) is 22.9. The number of hydrogen-bond acceptors (Lipinski definition) is 0. The molecular formula is C46H49Cl2SiZr. The van der Waals surface area contributed by atoms with Gasteiger partial charge >= 0.3 is 308 Å². The molecule has 0 aromatic heterocycles. The SMILES string of the molecule is CC1=C(C2=CC=CC2)C(=[Si](c2ccccc2)c2ccccc2)C=C2[CH]([Zr+2])C3(C)C4(C)C=CC=CC4(C)C4(C)C=CC=CC4(C)C3(C)C21C.[Cl-].[Cl-]. The van der Waals surface area contributed by atoms with Crippen LogP contribution in [0, 0.1) is 37.9 Å². The van der Waals surface area contributed by atoms with Gasteiger partial charge in [-0.15, -0.1) is 0 Å². The van der Waals surface area contributed by atoms with Crippen molar-refractivity contribution in [3.8, 4) is 0 Å². The van der Waals surface area contributed by atoms with Crippen LogP contribution in [0.1, 0.15) is 61.8 Å². The fourth-order valence-corrected chi connectivity index (χ4v) is 17.8. The molecule has 2 saturated carbocycles. The van der Waals surface area contributed by atoms with E-state index in [0.29, 0.717) is 3.63 Å². The van der Waals surface area contributed by atoms with Gasteiger partial charge in [-0.2, -0.15) is 0 Å². The number of fused-ring (bicyclic) bond motifs is 8. The second-order valence-electron chi connectivity index (χ2n) is 16.6. The molecule has 0 nitrogen and oxygen atoms in total. The number of hydrogen-bond donors (Lipinski definition) is 0. The molecule has 0 N–H and O–H groups in total. The van der Waals surface area contributed by atoms with Crippen LogP contribution in [0.4, 0.5) is 0 Å². The molecule has 2 aromatic carbocycles. The van der Waals surface area contributed by atoms with E-state index in [-0.39, 0.29) is 62.7 Å². The van der Waals surface area contributed by atoms with Gasteiger partial charge < -0.3 is 24.8 Å². The largest absolute Gasteiger partial charge is 1.00 e. The van der Waals surface area contributed by atoms with Gasteiger partial charge in [0.05, 0.1) is 0 Å². The average Bonchev–Trinajstić information content (AvgIpc) is 3.67. The van der Waals surface area contributed by atoms with Gasteiger partial charge in [0, 0.05) is 0 Å². The van der Waals surface area contributed by atoms with Gasteiger partial charge in [-0.05, 0) is 0 Å². The van der Waals surface area contributed by atoms with Crippen molar-refractivity contribution in [3.63, 3.8) is 0 Å². The van der Waals surface area contributed by atoms with Gasteiger partial charge in [-0.3, -0.25) is 0 Å². The predicted molar refractivity (Wildman–Crippen MR) is 203 cm³/mol. The summed E-state index contributed by atoms with van der Waals surface area (Å²) in [5.41, 5.74) is 5.74. The summed E-state index contributed by atoms with van der Waals surface area (Å²) < 4.78 is 0.456. The van der Waals surface area contributed by atoms with Gasteiger partial charge in [0.2, 0.25) is 0 Å². The zero-order valence-corrected chi connectivity index (χ0v) is 35.7. The molecular weight excluding hydrogens is 743 g/mol. The van der Waals surface area contributed by atoms with Crippen LogP contribution in [0.5, 0.6) is 0 Å². The van der Waals surface area contributed by atoms with E-state index in [2.05, 4.69) is 189 Å². The van der Waals surface area contributed by atoms with Crippen LogP contribution in [0.2, 0.25) is 3.63 Å². The molecule has 0 aliphatic heterocycles. The zero-order valence-electron chi connectivity index (χ0n) is 30.7. The standard InChI is InChI=1S/C46H49Si.2ClH.Zr/c1-33-39(34-21-15-16-22-34)38(47(36-23-11-9-12-24-36)37-25-13-10-14-26-37)31-35-32-44(6)42(4)29-18-17-27-40(42,2)41(3)28-19-20-30-43(41,5)46(44,8)45(33,35)7;;;/h9-21,23-32H,22H2,1-8H3;2*1H;/q;;;+2/p-2. The second-order valence-corrected chi connectivity index (χ2v) is 20.4. The van der Waals surface area contributed by atoms with Crippen molar-refractivity contribution in [1.82, 2.24) is 0 Å². The maximum absolute atomic E-state index is 2.80. The zero-order chi connectivity index (χ0) is 34.0. The first-order valence-corrected chi connectivity index (χ1v) is 20.8. The van der Waals surface area contributed by atoms with Gasteiger partial charge in [-0.25, -0.2) is 0 Å². The molecule has 255 valence electrons. The molecule has 0 heterocycles. The number of allylic oxidation sites excluding steroid dienone is 16. The van der Waals surface area contributed by atoms with Crippen LogP contribution in [0.15, 0.2) is 156 Å². The first-order chi connectivity index (χ1) is 22.8. The van der Waals surface area contributed by atoms with Gasteiger partial charge in [-0.1, -0.05) is 0 Å². The minimum Gasteiger partial charge on any atom is -1.00 e. The topological polar surface area (TPSA) is 0 Å². The molecule has 0 saturated heterocycles. The second kappa shape index (κ2) is 12.2. The summed E-state index contributed by atoms with van der Waals surface area (Å²) in [4.78, 5) is 0. The predicted octanol–water partition coefficient (Wildman–Crippen LogP) is 3.86. The Kier molecular flexibility index (Phi) is 9.21. The van der Waals surface area contributed by atoms with E-state index >= 15 is 0 Å². The molecule has 0 amide bonds. The minimum atomic E-state index is -1.30. The molecule has 0 bridgehead atoms. The average molecular weight is 792 g/mol. The number of halogens is 2. The Balaban J connectivity index is 0.00000216. The molecule has 2 fully saturated rings. The quantitative estimate of drug-likeness (QED) is 0.415. The molecule has 50 heavy (non-hydrogen) atoms. The van der Waals surface area contributed by atoms with Gasteiger partial charge in [0.25, 0.3) is 0 Å². The molecule has 8 rings (SSSR count). The third kappa shape index (κ3) is 4.01. The van der Waals surface area contributed by atoms with Gasteiger partial charge in [0.1, 0.15) is 0 Å². The molecule has 6 aliphatic carbocycles. The van der Waals surface area contributed by atoms with Crippen LogP contribution in [-0.4, -0.2) is 13.6 Å². The van der Waals surface area contributed by atoms with Crippen LogP contribution in [0.25, 0.3) is 0 Å². The summed E-state index contributed by atoms with van der Waals surface area (Å²) in [5.74, 6) is 0. The third-order valence-electron chi connectivity index (χ3n) is 16.0. The maximum atomic E-state index is 2.80. The normalized spacial score (nSPS) is 40.2. The Morgan fingerprint density at radius 3 is 1.62 bits per heavy atom. The van der Waals surface area contributed by atoms with E-state index in [0.717, 1.165) is 6.42 Å².